The van der Waals surface area contributed by atoms with Crippen molar-refractivity contribution in [2.45, 2.75) is 26.0 Å². The van der Waals surface area contributed by atoms with E-state index in [1.807, 2.05) is 26.0 Å². The summed E-state index contributed by atoms with van der Waals surface area (Å²) in [6, 6.07) is 5.46. The predicted octanol–water partition coefficient (Wildman–Crippen LogP) is 1.49. The van der Waals surface area contributed by atoms with Gasteiger partial charge in [-0.3, -0.25) is 0 Å². The van der Waals surface area contributed by atoms with Crippen molar-refractivity contribution in [1.82, 2.24) is 0 Å². The van der Waals surface area contributed by atoms with Crippen LogP contribution in [0.25, 0.3) is 0 Å². The molecule has 5 nitrogen and oxygen atoms in total. The summed E-state index contributed by atoms with van der Waals surface area (Å²) >= 11 is 0. The molecule has 0 fully saturated rings. The van der Waals surface area contributed by atoms with Crippen molar-refractivity contribution in [3.05, 3.63) is 23.8 Å². The fourth-order valence-corrected chi connectivity index (χ4v) is 1.57. The summed E-state index contributed by atoms with van der Waals surface area (Å²) in [5.74, 6) is 1.20. The average molecular weight is 269 g/mol. The maximum Gasteiger partial charge on any atom is 0.161 e. The SMILES string of the molecule is CCOCC(O)COc1ccc([C@@H](C)N)cc1OC. The summed E-state index contributed by atoms with van der Waals surface area (Å²) < 4.78 is 15.9. The predicted molar refractivity (Wildman–Crippen MR) is 73.6 cm³/mol. The lowest BCUT2D eigenvalue weighted by atomic mass is 10.1. The smallest absolute Gasteiger partial charge is 0.161 e. The van der Waals surface area contributed by atoms with Crippen LogP contribution in [-0.4, -0.2) is 38.1 Å². The van der Waals surface area contributed by atoms with Crippen LogP contribution < -0.4 is 15.2 Å². The Bertz CT molecular complexity index is 382. The second-order valence-corrected chi connectivity index (χ2v) is 4.32. The first-order valence-electron chi connectivity index (χ1n) is 6.40. The summed E-state index contributed by atoms with van der Waals surface area (Å²) in [5, 5.41) is 9.64. The number of nitrogens with two attached hydrogens (primary N) is 1. The van der Waals surface area contributed by atoms with E-state index < -0.39 is 6.10 Å². The summed E-state index contributed by atoms with van der Waals surface area (Å²) in [6.07, 6.45) is -0.655. The van der Waals surface area contributed by atoms with Crippen molar-refractivity contribution < 1.29 is 19.3 Å². The maximum atomic E-state index is 9.64. The standard InChI is InChI=1S/C14H23NO4/c1-4-18-8-12(16)9-19-13-6-5-11(10(2)15)7-14(13)17-3/h5-7,10,12,16H,4,8-9,15H2,1-3H3/t10-,12?/m1/s1. The van der Waals surface area contributed by atoms with Gasteiger partial charge >= 0.3 is 0 Å². The van der Waals surface area contributed by atoms with Crippen molar-refractivity contribution >= 4 is 0 Å². The minimum absolute atomic E-state index is 0.0634. The number of methoxy groups -OCH3 is 1. The van der Waals surface area contributed by atoms with Gasteiger partial charge in [0.05, 0.1) is 13.7 Å². The Balaban J connectivity index is 2.62. The van der Waals surface area contributed by atoms with Gasteiger partial charge in [-0.25, -0.2) is 0 Å². The molecular formula is C14H23NO4. The van der Waals surface area contributed by atoms with Gasteiger partial charge in [0.2, 0.25) is 0 Å². The van der Waals surface area contributed by atoms with Gasteiger partial charge in [0.15, 0.2) is 11.5 Å². The Morgan fingerprint density at radius 1 is 1.26 bits per heavy atom. The van der Waals surface area contributed by atoms with E-state index in [4.69, 9.17) is 19.9 Å². The second kappa shape index (κ2) is 7.99. The summed E-state index contributed by atoms with van der Waals surface area (Å²) in [6.45, 7) is 4.78. The first kappa shape index (κ1) is 15.8. The molecule has 0 saturated carbocycles. The van der Waals surface area contributed by atoms with E-state index in [0.29, 0.717) is 18.1 Å². The Labute approximate surface area is 114 Å². The van der Waals surface area contributed by atoms with Gasteiger partial charge in [0.1, 0.15) is 12.7 Å². The zero-order chi connectivity index (χ0) is 14.3. The van der Waals surface area contributed by atoms with Gasteiger partial charge in [0.25, 0.3) is 0 Å². The van der Waals surface area contributed by atoms with E-state index >= 15 is 0 Å². The molecule has 0 aliphatic carbocycles. The molecule has 1 unspecified atom stereocenters. The van der Waals surface area contributed by atoms with E-state index in [9.17, 15) is 5.11 Å². The van der Waals surface area contributed by atoms with Crippen LogP contribution >= 0.6 is 0 Å². The molecule has 0 heterocycles. The molecule has 2 atom stereocenters. The number of benzene rings is 1. The lowest BCUT2D eigenvalue weighted by Gasteiger charge is -2.16. The molecule has 1 rings (SSSR count). The minimum Gasteiger partial charge on any atom is -0.493 e. The quantitative estimate of drug-likeness (QED) is 0.748. The molecule has 0 saturated heterocycles. The largest absolute Gasteiger partial charge is 0.493 e. The number of rotatable bonds is 8. The van der Waals surface area contributed by atoms with Crippen LogP contribution in [0.4, 0.5) is 0 Å². The Kier molecular flexibility index (Phi) is 6.62. The third kappa shape index (κ3) is 5.06. The van der Waals surface area contributed by atoms with Gasteiger partial charge < -0.3 is 25.1 Å². The molecule has 19 heavy (non-hydrogen) atoms. The topological polar surface area (TPSA) is 73.9 Å². The van der Waals surface area contributed by atoms with Crippen molar-refractivity contribution in [3.8, 4) is 11.5 Å². The highest BCUT2D eigenvalue weighted by molar-refractivity contribution is 5.43. The third-order valence-corrected chi connectivity index (χ3v) is 2.66. The van der Waals surface area contributed by atoms with Crippen LogP contribution in [0.5, 0.6) is 11.5 Å². The molecule has 0 amide bonds. The zero-order valence-corrected chi connectivity index (χ0v) is 11.8. The third-order valence-electron chi connectivity index (χ3n) is 2.66. The van der Waals surface area contributed by atoms with Crippen LogP contribution in [0.1, 0.15) is 25.5 Å². The van der Waals surface area contributed by atoms with Crippen molar-refractivity contribution in [2.24, 2.45) is 5.73 Å². The Morgan fingerprint density at radius 2 is 2.00 bits per heavy atom. The highest BCUT2D eigenvalue weighted by atomic mass is 16.5. The number of hydrogen-bond acceptors (Lipinski definition) is 5. The Morgan fingerprint density at radius 3 is 2.58 bits per heavy atom. The maximum absolute atomic E-state index is 9.64. The molecule has 1 aromatic carbocycles. The van der Waals surface area contributed by atoms with E-state index in [1.165, 1.54) is 0 Å². The van der Waals surface area contributed by atoms with E-state index in [1.54, 1.807) is 13.2 Å². The van der Waals surface area contributed by atoms with E-state index in [0.717, 1.165) is 5.56 Å². The first-order valence-corrected chi connectivity index (χ1v) is 6.40. The van der Waals surface area contributed by atoms with Gasteiger partial charge in [-0.2, -0.15) is 0 Å². The van der Waals surface area contributed by atoms with Gasteiger partial charge in [-0.1, -0.05) is 6.07 Å². The first-order chi connectivity index (χ1) is 9.08. The fourth-order valence-electron chi connectivity index (χ4n) is 1.57. The molecule has 5 heteroatoms. The lowest BCUT2D eigenvalue weighted by molar-refractivity contribution is 0.0159. The molecule has 0 spiro atoms. The average Bonchev–Trinajstić information content (AvgIpc) is 2.42. The molecule has 0 aliphatic rings. The number of aliphatic hydroxyl groups is 1. The van der Waals surface area contributed by atoms with Crippen molar-refractivity contribution in [2.75, 3.05) is 26.9 Å². The summed E-state index contributed by atoms with van der Waals surface area (Å²) in [4.78, 5) is 0. The summed E-state index contributed by atoms with van der Waals surface area (Å²) in [7, 11) is 1.57. The molecule has 108 valence electrons. The monoisotopic (exact) mass is 269 g/mol. The molecule has 0 bridgehead atoms. The Hall–Kier alpha value is -1.30. The molecule has 0 aliphatic heterocycles. The van der Waals surface area contributed by atoms with Crippen molar-refractivity contribution in [1.29, 1.82) is 0 Å². The summed E-state index contributed by atoms with van der Waals surface area (Å²) in [5.41, 5.74) is 6.78. The van der Waals surface area contributed by atoms with Crippen LogP contribution in [0.15, 0.2) is 18.2 Å². The molecule has 0 radical (unpaired) electrons. The molecule has 3 N–H and O–H groups in total. The number of ether oxygens (including phenoxy) is 3. The molecule has 0 aromatic heterocycles. The van der Waals surface area contributed by atoms with Crippen LogP contribution in [0.2, 0.25) is 0 Å². The lowest BCUT2D eigenvalue weighted by Crippen LogP contribution is -2.23. The van der Waals surface area contributed by atoms with E-state index in [2.05, 4.69) is 0 Å². The fraction of sp³-hybridized carbons (Fsp3) is 0.571. The van der Waals surface area contributed by atoms with Gasteiger partial charge in [-0.15, -0.1) is 0 Å². The van der Waals surface area contributed by atoms with Gasteiger partial charge in [0, 0.05) is 12.6 Å². The number of aliphatic hydroxyl groups excluding tert-OH is 1. The van der Waals surface area contributed by atoms with Crippen LogP contribution in [0.3, 0.4) is 0 Å². The van der Waals surface area contributed by atoms with Gasteiger partial charge in [-0.05, 0) is 31.5 Å². The molecular weight excluding hydrogens is 246 g/mol. The van der Waals surface area contributed by atoms with Crippen molar-refractivity contribution in [3.63, 3.8) is 0 Å². The van der Waals surface area contributed by atoms with Crippen LogP contribution in [-0.2, 0) is 4.74 Å². The minimum atomic E-state index is -0.655. The second-order valence-electron chi connectivity index (χ2n) is 4.32. The normalized spacial score (nSPS) is 13.9. The molecule has 1 aromatic rings. The zero-order valence-electron chi connectivity index (χ0n) is 11.8. The highest BCUT2D eigenvalue weighted by Crippen LogP contribution is 2.29. The van der Waals surface area contributed by atoms with Crippen LogP contribution in [0, 0.1) is 0 Å². The number of hydrogen-bond donors (Lipinski definition) is 2. The van der Waals surface area contributed by atoms with E-state index in [-0.39, 0.29) is 19.3 Å². The highest BCUT2D eigenvalue weighted by Gasteiger charge is 2.10.